The van der Waals surface area contributed by atoms with Crippen molar-refractivity contribution in [3.05, 3.63) is 82.4 Å². The number of hydrogen-bond donors (Lipinski definition) is 1. The van der Waals surface area contributed by atoms with Crippen molar-refractivity contribution >= 4 is 11.8 Å². The number of aryl methyl sites for hydroxylation is 2. The van der Waals surface area contributed by atoms with Crippen LogP contribution in [0.25, 0.3) is 11.1 Å². The number of alkyl halides is 2. The molecule has 1 aliphatic carbocycles. The minimum atomic E-state index is -3.70. The Hall–Kier alpha value is -3.74. The minimum absolute atomic E-state index is 0.00365. The molecular weight excluding hydrogens is 442 g/mol. The van der Waals surface area contributed by atoms with Gasteiger partial charge in [0.05, 0.1) is 11.0 Å². The zero-order valence-corrected chi connectivity index (χ0v) is 18.7. The standard InChI is InChI=1S/C27H22F2O5/c1-15-3-5-17(11-20(15)21-13-18(25(31)32)6-4-16(21)2)12-24(30)26(9-10-26)19-7-8-22-23(14-19)34-27(28,29)33-22/h3-8,11,13-14H,9-10,12H2,1-2H3,(H,31,32). The quantitative estimate of drug-likeness (QED) is 0.497. The third-order valence-electron chi connectivity index (χ3n) is 6.68. The lowest BCUT2D eigenvalue weighted by atomic mass is 9.86. The number of hydrogen-bond acceptors (Lipinski definition) is 4. The van der Waals surface area contributed by atoms with Crippen molar-refractivity contribution in [1.82, 2.24) is 0 Å². The first-order chi connectivity index (χ1) is 16.1. The van der Waals surface area contributed by atoms with Crippen LogP contribution in [0.3, 0.4) is 0 Å². The second kappa shape index (κ2) is 7.65. The van der Waals surface area contributed by atoms with Gasteiger partial charge in [0.25, 0.3) is 0 Å². The number of Topliss-reactive ketones (excluding diaryl/α,β-unsaturated/α-hetero) is 1. The van der Waals surface area contributed by atoms with Gasteiger partial charge in [-0.05, 0) is 84.3 Å². The molecule has 1 fully saturated rings. The lowest BCUT2D eigenvalue weighted by Gasteiger charge is -2.17. The molecule has 0 radical (unpaired) electrons. The Labute approximate surface area is 194 Å². The van der Waals surface area contributed by atoms with Gasteiger partial charge in [0.2, 0.25) is 0 Å². The fourth-order valence-corrected chi connectivity index (χ4v) is 4.57. The van der Waals surface area contributed by atoms with E-state index in [0.29, 0.717) is 18.4 Å². The van der Waals surface area contributed by atoms with E-state index in [2.05, 4.69) is 9.47 Å². The smallest absolute Gasteiger partial charge is 0.478 e. The van der Waals surface area contributed by atoms with E-state index in [-0.39, 0.29) is 29.3 Å². The molecule has 7 heteroatoms. The second-order valence-corrected chi connectivity index (χ2v) is 9.00. The summed E-state index contributed by atoms with van der Waals surface area (Å²) in [5.74, 6) is -1.10. The molecule has 0 bridgehead atoms. The van der Waals surface area contributed by atoms with Gasteiger partial charge in [0.15, 0.2) is 11.5 Å². The van der Waals surface area contributed by atoms with E-state index in [1.54, 1.807) is 24.3 Å². The van der Waals surface area contributed by atoms with E-state index in [1.807, 2.05) is 32.0 Å². The zero-order chi connectivity index (χ0) is 24.3. The van der Waals surface area contributed by atoms with Crippen molar-refractivity contribution < 1.29 is 33.0 Å². The Morgan fingerprint density at radius 1 is 0.882 bits per heavy atom. The molecule has 3 aromatic carbocycles. The number of benzene rings is 3. The van der Waals surface area contributed by atoms with Crippen LogP contribution >= 0.6 is 0 Å². The zero-order valence-electron chi connectivity index (χ0n) is 18.7. The van der Waals surface area contributed by atoms with Crippen LogP contribution in [0.15, 0.2) is 54.6 Å². The van der Waals surface area contributed by atoms with Crippen molar-refractivity contribution in [2.24, 2.45) is 0 Å². The molecule has 0 aromatic heterocycles. The van der Waals surface area contributed by atoms with Crippen molar-refractivity contribution in [3.63, 3.8) is 0 Å². The number of carbonyl (C=O) groups excluding carboxylic acids is 1. The molecule has 0 spiro atoms. The molecule has 34 heavy (non-hydrogen) atoms. The van der Waals surface area contributed by atoms with Gasteiger partial charge in [-0.3, -0.25) is 4.79 Å². The van der Waals surface area contributed by atoms with Crippen molar-refractivity contribution in [1.29, 1.82) is 0 Å². The number of rotatable bonds is 6. The molecule has 1 heterocycles. The van der Waals surface area contributed by atoms with Gasteiger partial charge in [0, 0.05) is 6.42 Å². The third-order valence-corrected chi connectivity index (χ3v) is 6.68. The predicted molar refractivity (Wildman–Crippen MR) is 121 cm³/mol. The number of halogens is 2. The number of fused-ring (bicyclic) bond motifs is 1. The minimum Gasteiger partial charge on any atom is -0.478 e. The van der Waals surface area contributed by atoms with Crippen molar-refractivity contribution in [2.75, 3.05) is 0 Å². The van der Waals surface area contributed by atoms with Gasteiger partial charge in [-0.1, -0.05) is 30.3 Å². The molecule has 0 amide bonds. The summed E-state index contributed by atoms with van der Waals surface area (Å²) in [5, 5.41) is 9.38. The maximum atomic E-state index is 13.4. The van der Waals surface area contributed by atoms with Crippen molar-refractivity contribution in [3.8, 4) is 22.6 Å². The van der Waals surface area contributed by atoms with Crippen LogP contribution in [0, 0.1) is 13.8 Å². The molecule has 1 aliphatic heterocycles. The lowest BCUT2D eigenvalue weighted by molar-refractivity contribution is -0.286. The molecule has 3 aromatic rings. The SMILES string of the molecule is Cc1ccc(CC(=O)C2(c3ccc4c(c3)OC(F)(F)O4)CC2)cc1-c1cc(C(=O)O)ccc1C. The Kier molecular flexibility index (Phi) is 4.97. The Morgan fingerprint density at radius 3 is 2.21 bits per heavy atom. The summed E-state index contributed by atoms with van der Waals surface area (Å²) >= 11 is 0. The van der Waals surface area contributed by atoms with Gasteiger partial charge >= 0.3 is 12.3 Å². The van der Waals surface area contributed by atoms with Crippen LogP contribution in [-0.2, 0) is 16.6 Å². The average molecular weight is 464 g/mol. The number of aromatic carboxylic acids is 1. The van der Waals surface area contributed by atoms with Crippen LogP contribution in [0.4, 0.5) is 8.78 Å². The summed E-state index contributed by atoms with van der Waals surface area (Å²) in [7, 11) is 0. The lowest BCUT2D eigenvalue weighted by Crippen LogP contribution is -2.26. The van der Waals surface area contributed by atoms with Gasteiger partial charge in [-0.2, -0.15) is 0 Å². The van der Waals surface area contributed by atoms with Crippen LogP contribution < -0.4 is 9.47 Å². The predicted octanol–water partition coefficient (Wildman–Crippen LogP) is 5.83. The number of carboxylic acid groups (broad SMARTS) is 1. The van der Waals surface area contributed by atoms with Crippen LogP contribution in [0.5, 0.6) is 11.5 Å². The van der Waals surface area contributed by atoms with Gasteiger partial charge in [-0.15, -0.1) is 8.78 Å². The maximum Gasteiger partial charge on any atom is 0.586 e. The first-order valence-corrected chi connectivity index (χ1v) is 11.0. The van der Waals surface area contributed by atoms with Crippen LogP contribution in [0.1, 0.15) is 45.5 Å². The summed E-state index contributed by atoms with van der Waals surface area (Å²) in [6, 6.07) is 15.3. The molecule has 0 saturated heterocycles. The first-order valence-electron chi connectivity index (χ1n) is 11.0. The third kappa shape index (κ3) is 3.81. The van der Waals surface area contributed by atoms with E-state index >= 15 is 0 Å². The van der Waals surface area contributed by atoms with E-state index in [1.165, 1.54) is 12.1 Å². The van der Waals surface area contributed by atoms with Gasteiger partial charge in [0.1, 0.15) is 5.78 Å². The highest BCUT2D eigenvalue weighted by Gasteiger charge is 2.52. The molecule has 1 saturated carbocycles. The molecular formula is C27H22F2O5. The highest BCUT2D eigenvalue weighted by atomic mass is 19.3. The number of carbonyl (C=O) groups is 2. The average Bonchev–Trinajstić information content (AvgIpc) is 3.52. The number of ether oxygens (including phenoxy) is 2. The first kappa shape index (κ1) is 22.1. The summed E-state index contributed by atoms with van der Waals surface area (Å²) in [4.78, 5) is 24.8. The van der Waals surface area contributed by atoms with E-state index in [0.717, 1.165) is 27.8 Å². The normalized spacial score (nSPS) is 16.8. The molecule has 0 atom stereocenters. The topological polar surface area (TPSA) is 72.8 Å². The van der Waals surface area contributed by atoms with Crippen LogP contribution in [-0.4, -0.2) is 23.2 Å². The number of carboxylic acids is 1. The maximum absolute atomic E-state index is 13.4. The summed E-state index contributed by atoms with van der Waals surface area (Å²) in [6.45, 7) is 3.86. The largest absolute Gasteiger partial charge is 0.586 e. The van der Waals surface area contributed by atoms with Crippen LogP contribution in [0.2, 0.25) is 0 Å². The van der Waals surface area contributed by atoms with Crippen molar-refractivity contribution in [2.45, 2.75) is 44.8 Å². The fraction of sp³-hybridized carbons (Fsp3) is 0.259. The molecule has 0 unspecified atom stereocenters. The highest BCUT2D eigenvalue weighted by molar-refractivity contribution is 5.95. The van der Waals surface area contributed by atoms with E-state index in [4.69, 9.17) is 0 Å². The molecule has 5 nitrogen and oxygen atoms in total. The van der Waals surface area contributed by atoms with E-state index < -0.39 is 17.7 Å². The van der Waals surface area contributed by atoms with Gasteiger partial charge in [-0.25, -0.2) is 4.79 Å². The molecule has 1 N–H and O–H groups in total. The number of ketones is 1. The fourth-order valence-electron chi connectivity index (χ4n) is 4.57. The summed E-state index contributed by atoms with van der Waals surface area (Å²) in [6.07, 6.45) is -2.24. The monoisotopic (exact) mass is 464 g/mol. The molecule has 2 aliphatic rings. The molecule has 5 rings (SSSR count). The van der Waals surface area contributed by atoms with Gasteiger partial charge < -0.3 is 14.6 Å². The Bertz CT molecular complexity index is 1340. The second-order valence-electron chi connectivity index (χ2n) is 9.00. The highest BCUT2D eigenvalue weighted by Crippen LogP contribution is 2.52. The summed E-state index contributed by atoms with van der Waals surface area (Å²) in [5.41, 5.74) is 4.53. The Morgan fingerprint density at radius 2 is 1.53 bits per heavy atom. The Balaban J connectivity index is 1.43. The molecule has 174 valence electrons. The van der Waals surface area contributed by atoms with E-state index in [9.17, 15) is 23.5 Å². The summed E-state index contributed by atoms with van der Waals surface area (Å²) < 4.78 is 35.8.